The lowest BCUT2D eigenvalue weighted by atomic mass is 10.1. The van der Waals surface area contributed by atoms with Crippen LogP contribution in [0.5, 0.6) is 0 Å². The summed E-state index contributed by atoms with van der Waals surface area (Å²) in [5, 5.41) is 3.57. The number of hydrogen-bond acceptors (Lipinski definition) is 1. The van der Waals surface area contributed by atoms with Crippen LogP contribution in [0.25, 0.3) is 0 Å². The summed E-state index contributed by atoms with van der Waals surface area (Å²) < 4.78 is 0. The second-order valence-corrected chi connectivity index (χ2v) is 4.00. The zero-order valence-electron chi connectivity index (χ0n) is 9.11. The van der Waals surface area contributed by atoms with Crippen molar-refractivity contribution < 1.29 is 0 Å². The summed E-state index contributed by atoms with van der Waals surface area (Å²) in [6.07, 6.45) is 7.65. The smallest absolute Gasteiger partial charge is 0.0235 e. The maximum Gasteiger partial charge on any atom is 0.0235 e. The van der Waals surface area contributed by atoms with Gasteiger partial charge >= 0.3 is 0 Å². The van der Waals surface area contributed by atoms with Crippen LogP contribution < -0.4 is 5.32 Å². The Balaban J connectivity index is 3.41. The minimum atomic E-state index is 0.730. The molecule has 0 amide bonds. The molecule has 0 saturated carbocycles. The zero-order valence-corrected chi connectivity index (χ0v) is 9.87. The number of rotatable bonds is 9. The van der Waals surface area contributed by atoms with E-state index in [1.807, 2.05) is 0 Å². The van der Waals surface area contributed by atoms with E-state index in [2.05, 4.69) is 19.2 Å². The minimum absolute atomic E-state index is 0.730. The van der Waals surface area contributed by atoms with Crippen molar-refractivity contribution in [1.82, 2.24) is 5.32 Å². The first-order valence-corrected chi connectivity index (χ1v) is 6.17. The van der Waals surface area contributed by atoms with Crippen molar-refractivity contribution in [2.45, 2.75) is 58.4 Å². The molecule has 1 atom stereocenters. The molecule has 0 aliphatic carbocycles. The van der Waals surface area contributed by atoms with Gasteiger partial charge in [-0.15, -0.1) is 11.6 Å². The molecule has 1 N–H and O–H groups in total. The van der Waals surface area contributed by atoms with E-state index in [9.17, 15) is 0 Å². The molecule has 1 nitrogen and oxygen atoms in total. The number of nitrogens with one attached hydrogen (secondary N) is 1. The van der Waals surface area contributed by atoms with E-state index in [0.29, 0.717) is 0 Å². The minimum Gasteiger partial charge on any atom is -0.314 e. The summed E-state index contributed by atoms with van der Waals surface area (Å²) >= 11 is 5.63. The molecule has 0 heterocycles. The van der Waals surface area contributed by atoms with E-state index >= 15 is 0 Å². The predicted octanol–water partition coefficient (Wildman–Crippen LogP) is 3.56. The molecule has 0 aromatic carbocycles. The molecule has 2 heteroatoms. The van der Waals surface area contributed by atoms with Gasteiger partial charge in [-0.1, -0.05) is 33.1 Å². The molecular weight excluding hydrogens is 182 g/mol. The molecule has 0 bridgehead atoms. The van der Waals surface area contributed by atoms with Crippen LogP contribution in [-0.4, -0.2) is 18.5 Å². The van der Waals surface area contributed by atoms with Gasteiger partial charge in [-0.3, -0.25) is 0 Å². The van der Waals surface area contributed by atoms with Crippen LogP contribution >= 0.6 is 11.6 Å². The number of unbranched alkanes of at least 4 members (excludes halogenated alkanes) is 1. The summed E-state index contributed by atoms with van der Waals surface area (Å²) in [7, 11) is 0. The van der Waals surface area contributed by atoms with Gasteiger partial charge in [-0.2, -0.15) is 0 Å². The second kappa shape index (κ2) is 10.3. The molecule has 0 saturated heterocycles. The first kappa shape index (κ1) is 13.2. The van der Waals surface area contributed by atoms with Gasteiger partial charge in [0, 0.05) is 11.9 Å². The summed E-state index contributed by atoms with van der Waals surface area (Å²) in [5.74, 6) is 0.777. The summed E-state index contributed by atoms with van der Waals surface area (Å²) in [6, 6.07) is 0.730. The second-order valence-electron chi connectivity index (χ2n) is 3.62. The molecule has 0 aliphatic rings. The molecule has 0 spiro atoms. The highest BCUT2D eigenvalue weighted by Gasteiger charge is 2.04. The predicted molar refractivity (Wildman–Crippen MR) is 61.6 cm³/mol. The molecule has 1 unspecified atom stereocenters. The number of halogens is 1. The number of hydrogen-bond donors (Lipinski definition) is 1. The Morgan fingerprint density at radius 1 is 1.08 bits per heavy atom. The fourth-order valence-corrected chi connectivity index (χ4v) is 1.65. The largest absolute Gasteiger partial charge is 0.314 e. The van der Waals surface area contributed by atoms with E-state index in [1.54, 1.807) is 0 Å². The van der Waals surface area contributed by atoms with Gasteiger partial charge in [0.2, 0.25) is 0 Å². The lowest BCUT2D eigenvalue weighted by molar-refractivity contribution is 0.436. The normalized spacial score (nSPS) is 13.2. The summed E-state index contributed by atoms with van der Waals surface area (Å²) in [5.41, 5.74) is 0. The van der Waals surface area contributed by atoms with Gasteiger partial charge in [0.25, 0.3) is 0 Å². The lowest BCUT2D eigenvalue weighted by Crippen LogP contribution is -2.30. The highest BCUT2D eigenvalue weighted by molar-refractivity contribution is 6.17. The first-order chi connectivity index (χ1) is 6.35. The van der Waals surface area contributed by atoms with Gasteiger partial charge < -0.3 is 5.32 Å². The van der Waals surface area contributed by atoms with Crippen LogP contribution in [-0.2, 0) is 0 Å². The van der Waals surface area contributed by atoms with Gasteiger partial charge in [0.15, 0.2) is 0 Å². The molecule has 0 fully saturated rings. The molecule has 0 rings (SSSR count). The van der Waals surface area contributed by atoms with Crippen molar-refractivity contribution in [3.63, 3.8) is 0 Å². The molecular formula is C11H24ClN. The Kier molecular flexibility index (Phi) is 10.5. The Labute approximate surface area is 88.2 Å². The average Bonchev–Trinajstić information content (AvgIpc) is 2.14. The van der Waals surface area contributed by atoms with Crippen LogP contribution in [0.15, 0.2) is 0 Å². The number of alkyl halides is 1. The van der Waals surface area contributed by atoms with E-state index in [4.69, 9.17) is 11.6 Å². The lowest BCUT2D eigenvalue weighted by Gasteiger charge is -2.17. The molecule has 0 aromatic rings. The third-order valence-corrected chi connectivity index (χ3v) is 2.55. The van der Waals surface area contributed by atoms with Crippen molar-refractivity contribution >= 4 is 11.6 Å². The van der Waals surface area contributed by atoms with Crippen LogP contribution in [0, 0.1) is 0 Å². The van der Waals surface area contributed by atoms with Gasteiger partial charge in [-0.05, 0) is 25.8 Å². The van der Waals surface area contributed by atoms with Gasteiger partial charge in [0.05, 0.1) is 0 Å². The summed E-state index contributed by atoms with van der Waals surface area (Å²) in [6.45, 7) is 5.59. The molecule has 0 aromatic heterocycles. The third-order valence-electron chi connectivity index (χ3n) is 2.29. The molecule has 0 aliphatic heterocycles. The quantitative estimate of drug-likeness (QED) is 0.449. The molecule has 13 heavy (non-hydrogen) atoms. The van der Waals surface area contributed by atoms with E-state index in [1.165, 1.54) is 32.1 Å². The van der Waals surface area contributed by atoms with Crippen molar-refractivity contribution in [1.29, 1.82) is 0 Å². The van der Waals surface area contributed by atoms with Gasteiger partial charge in [0.1, 0.15) is 0 Å². The molecule has 80 valence electrons. The maximum absolute atomic E-state index is 5.63. The van der Waals surface area contributed by atoms with Gasteiger partial charge in [-0.25, -0.2) is 0 Å². The Bertz CT molecular complexity index is 96.1. The van der Waals surface area contributed by atoms with E-state index < -0.39 is 0 Å². The highest BCUT2D eigenvalue weighted by Crippen LogP contribution is 2.06. The van der Waals surface area contributed by atoms with Crippen molar-refractivity contribution in [3.8, 4) is 0 Å². The third kappa shape index (κ3) is 8.58. The maximum atomic E-state index is 5.63. The molecule has 0 radical (unpaired) electrons. The highest BCUT2D eigenvalue weighted by atomic mass is 35.5. The van der Waals surface area contributed by atoms with E-state index in [-0.39, 0.29) is 0 Å². The fraction of sp³-hybridized carbons (Fsp3) is 1.00. The first-order valence-electron chi connectivity index (χ1n) is 5.64. The summed E-state index contributed by atoms with van der Waals surface area (Å²) in [4.78, 5) is 0. The van der Waals surface area contributed by atoms with Crippen LogP contribution in [0.4, 0.5) is 0 Å². The SMILES string of the molecule is CCCCC(CCC)NCCCCl. The van der Waals surface area contributed by atoms with E-state index in [0.717, 1.165) is 24.9 Å². The van der Waals surface area contributed by atoms with Crippen LogP contribution in [0.3, 0.4) is 0 Å². The Morgan fingerprint density at radius 2 is 1.85 bits per heavy atom. The standard InChI is InChI=1S/C11H24ClN/c1-3-5-8-11(7-4-2)13-10-6-9-12/h11,13H,3-10H2,1-2H3. The Morgan fingerprint density at radius 3 is 2.38 bits per heavy atom. The van der Waals surface area contributed by atoms with Crippen molar-refractivity contribution in [3.05, 3.63) is 0 Å². The van der Waals surface area contributed by atoms with Crippen molar-refractivity contribution in [2.75, 3.05) is 12.4 Å². The zero-order chi connectivity index (χ0) is 9.94. The Hall–Kier alpha value is 0.250. The topological polar surface area (TPSA) is 12.0 Å². The van der Waals surface area contributed by atoms with Crippen LogP contribution in [0.2, 0.25) is 0 Å². The monoisotopic (exact) mass is 205 g/mol. The average molecular weight is 206 g/mol. The van der Waals surface area contributed by atoms with Crippen molar-refractivity contribution in [2.24, 2.45) is 0 Å². The fourth-order valence-electron chi connectivity index (χ4n) is 1.52. The van der Waals surface area contributed by atoms with Crippen LogP contribution in [0.1, 0.15) is 52.4 Å².